The third-order valence-corrected chi connectivity index (χ3v) is 5.86. The second-order valence-electron chi connectivity index (χ2n) is 9.24. The van der Waals surface area contributed by atoms with Crippen LogP contribution in [0.25, 0.3) is 0 Å². The third-order valence-electron chi connectivity index (χ3n) is 5.86. The quantitative estimate of drug-likeness (QED) is 0.285. The Bertz CT molecular complexity index is 915. The van der Waals surface area contributed by atoms with Crippen molar-refractivity contribution in [3.63, 3.8) is 0 Å². The van der Waals surface area contributed by atoms with Crippen molar-refractivity contribution in [1.82, 2.24) is 4.90 Å². The Hall–Kier alpha value is -2.05. The molecule has 0 aliphatic carbocycles. The van der Waals surface area contributed by atoms with E-state index in [4.69, 9.17) is 22.4 Å². The summed E-state index contributed by atoms with van der Waals surface area (Å²) < 4.78 is 59.1. The lowest BCUT2D eigenvalue weighted by Crippen LogP contribution is -2.32. The van der Waals surface area contributed by atoms with E-state index in [9.17, 15) is 9.90 Å². The van der Waals surface area contributed by atoms with Gasteiger partial charge in [-0.3, -0.25) is 4.79 Å². The minimum absolute atomic E-state index is 0.00558. The van der Waals surface area contributed by atoms with Crippen LogP contribution in [0.3, 0.4) is 0 Å². The van der Waals surface area contributed by atoms with Crippen LogP contribution in [0, 0.1) is 23.7 Å². The average Bonchev–Trinajstić information content (AvgIpc) is 2.79. The van der Waals surface area contributed by atoms with Gasteiger partial charge in [0.2, 0.25) is 5.91 Å². The molecule has 188 valence electrons. The number of hydrogen-bond donors (Lipinski definition) is 1. The van der Waals surface area contributed by atoms with Crippen LogP contribution in [-0.4, -0.2) is 57.3 Å². The second-order valence-corrected chi connectivity index (χ2v) is 9.24. The fourth-order valence-electron chi connectivity index (χ4n) is 3.72. The molecule has 0 fully saturated rings. The van der Waals surface area contributed by atoms with Crippen LogP contribution >= 0.6 is 0 Å². The molecule has 1 N–H and O–H groups in total. The summed E-state index contributed by atoms with van der Waals surface area (Å²) in [5.41, 5.74) is 0.538. The number of rotatable bonds is 15. The molecule has 0 aliphatic heterocycles. The van der Waals surface area contributed by atoms with Crippen LogP contribution in [-0.2, 0) is 9.53 Å². The zero-order valence-corrected chi connectivity index (χ0v) is 20.8. The first-order valence-electron chi connectivity index (χ1n) is 14.6. The zero-order chi connectivity index (χ0) is 30.0. The summed E-state index contributed by atoms with van der Waals surface area (Å²) in [6, 6.07) is 4.62. The van der Waals surface area contributed by atoms with E-state index in [2.05, 4.69) is 0 Å². The van der Waals surface area contributed by atoms with Gasteiger partial charge in [0.05, 0.1) is 28.0 Å². The molecule has 6 heteroatoms. The van der Waals surface area contributed by atoms with Crippen molar-refractivity contribution in [2.45, 2.75) is 53.1 Å². The van der Waals surface area contributed by atoms with Gasteiger partial charge in [-0.25, -0.2) is 0 Å². The molecule has 1 rings (SSSR count). The number of carbonyl (C=O) groups excluding carboxylic acids is 1. The Morgan fingerprint density at radius 2 is 1.79 bits per heavy atom. The van der Waals surface area contributed by atoms with Crippen LogP contribution in [0.2, 0.25) is 0 Å². The van der Waals surface area contributed by atoms with Gasteiger partial charge in [0.1, 0.15) is 0 Å². The predicted octanol–water partition coefficient (Wildman–Crippen LogP) is 5.11. The third kappa shape index (κ3) is 9.38. The lowest BCUT2D eigenvalue weighted by Gasteiger charge is -2.26. The van der Waals surface area contributed by atoms with Gasteiger partial charge in [0.25, 0.3) is 0 Å². The molecule has 3 atom stereocenters. The van der Waals surface area contributed by atoms with Gasteiger partial charge < -0.3 is 24.2 Å². The minimum Gasteiger partial charge on any atom is -0.493 e. The van der Waals surface area contributed by atoms with Crippen LogP contribution in [0.15, 0.2) is 30.4 Å². The highest BCUT2D eigenvalue weighted by atomic mass is 16.5. The van der Waals surface area contributed by atoms with E-state index in [0.717, 1.165) is 0 Å². The van der Waals surface area contributed by atoms with Crippen molar-refractivity contribution in [3.8, 4) is 11.5 Å². The first-order valence-corrected chi connectivity index (χ1v) is 11.6. The van der Waals surface area contributed by atoms with Crippen molar-refractivity contribution in [1.29, 1.82) is 0 Å². The van der Waals surface area contributed by atoms with Gasteiger partial charge >= 0.3 is 0 Å². The lowest BCUT2D eigenvalue weighted by molar-refractivity contribution is -0.134. The molecule has 0 spiro atoms. The highest BCUT2D eigenvalue weighted by Crippen LogP contribution is 2.36. The number of nitrogens with zero attached hydrogens (tertiary/aromatic N) is 1. The molecule has 6 nitrogen and oxygen atoms in total. The molecule has 1 aromatic rings. The topological polar surface area (TPSA) is 68.2 Å². The number of ether oxygens (including phenoxy) is 3. The maximum Gasteiger partial charge on any atom is 0.225 e. The number of hydrogen-bond acceptors (Lipinski definition) is 5. The van der Waals surface area contributed by atoms with Crippen molar-refractivity contribution in [2.24, 2.45) is 23.7 Å². The van der Waals surface area contributed by atoms with Gasteiger partial charge in [0, 0.05) is 40.1 Å². The second kappa shape index (κ2) is 15.0. The van der Waals surface area contributed by atoms with Crippen molar-refractivity contribution in [3.05, 3.63) is 35.9 Å². The van der Waals surface area contributed by atoms with Crippen molar-refractivity contribution >= 4 is 5.91 Å². The minimum atomic E-state index is -2.70. The van der Waals surface area contributed by atoms with Crippen LogP contribution < -0.4 is 9.47 Å². The van der Waals surface area contributed by atoms with E-state index in [1.165, 1.54) is 6.07 Å². The van der Waals surface area contributed by atoms with Crippen LogP contribution in [0.4, 0.5) is 0 Å². The predicted molar refractivity (Wildman–Crippen MR) is 134 cm³/mol. The highest BCUT2D eigenvalue weighted by Gasteiger charge is 2.25. The highest BCUT2D eigenvalue weighted by molar-refractivity contribution is 5.78. The summed E-state index contributed by atoms with van der Waals surface area (Å²) >= 11 is 0. The number of aliphatic hydroxyl groups is 1. The Labute approximate surface area is 209 Å². The average molecular weight is 470 g/mol. The van der Waals surface area contributed by atoms with Gasteiger partial charge in [-0.1, -0.05) is 45.9 Å². The molecule has 0 radical (unpaired) electrons. The van der Waals surface area contributed by atoms with E-state index in [1.807, 2.05) is 39.8 Å². The smallest absolute Gasteiger partial charge is 0.225 e. The largest absolute Gasteiger partial charge is 0.493 e. The Balaban J connectivity index is 3.03. The monoisotopic (exact) mass is 469 g/mol. The molecule has 0 aromatic heterocycles. The molecular weight excluding hydrogens is 418 g/mol. The zero-order valence-electron chi connectivity index (χ0n) is 26.8. The van der Waals surface area contributed by atoms with Crippen molar-refractivity contribution < 1.29 is 32.3 Å². The van der Waals surface area contributed by atoms with E-state index in [1.54, 1.807) is 31.1 Å². The SMILES string of the molecule is [2H]C([2H])([2H])OCCCOc1cc(C(O)[C@@H](CC=CC[C@H](C(=O)N(C)C)C(C)C)C(C)C)ccc1OC([2H])([2H])[2H]. The summed E-state index contributed by atoms with van der Waals surface area (Å²) in [6.07, 6.45) is 4.57. The number of allylic oxidation sites excluding steroid dienone is 2. The van der Waals surface area contributed by atoms with Gasteiger partial charge in [-0.15, -0.1) is 0 Å². The molecule has 0 bridgehead atoms. The summed E-state index contributed by atoms with van der Waals surface area (Å²) in [6.45, 7) is 8.09. The number of amides is 1. The van der Waals surface area contributed by atoms with Gasteiger partial charge in [0.15, 0.2) is 11.5 Å². The Morgan fingerprint density at radius 1 is 1.06 bits per heavy atom. The maximum absolute atomic E-state index is 12.5. The first kappa shape index (κ1) is 20.3. The normalized spacial score (nSPS) is 18.0. The Kier molecular flexibility index (Phi) is 9.22. The molecule has 0 saturated carbocycles. The fraction of sp³-hybridized carbons (Fsp3) is 0.667. The van der Waals surface area contributed by atoms with E-state index in [-0.39, 0.29) is 60.7 Å². The maximum atomic E-state index is 12.5. The molecule has 1 aromatic carbocycles. The summed E-state index contributed by atoms with van der Waals surface area (Å²) in [4.78, 5) is 14.1. The number of carbonyl (C=O) groups is 1. The summed E-state index contributed by atoms with van der Waals surface area (Å²) in [5.74, 6) is 0.267. The lowest BCUT2D eigenvalue weighted by atomic mass is 9.83. The van der Waals surface area contributed by atoms with Crippen molar-refractivity contribution in [2.75, 3.05) is 41.4 Å². The number of methoxy groups -OCH3 is 2. The van der Waals surface area contributed by atoms with Gasteiger partial charge in [-0.05, 0) is 48.3 Å². The number of benzene rings is 1. The van der Waals surface area contributed by atoms with Crippen LogP contribution in [0.5, 0.6) is 11.5 Å². The molecule has 0 aliphatic rings. The molecule has 0 heterocycles. The molecule has 0 saturated heterocycles. The molecule has 1 amide bonds. The standard InChI is InChI=1S/C27H45NO5/c1-19(2)22(12-9-10-13-23(20(3)4)27(30)28(5)6)26(29)21-14-15-24(32-8)25(18-21)33-17-11-16-31-7/h9-10,14-15,18-20,22-23,26,29H,11-13,16-17H2,1-8H3/t22-,23-,26?/m0/s1/i7D3,8D3. The van der Waals surface area contributed by atoms with E-state index in [0.29, 0.717) is 18.4 Å². The van der Waals surface area contributed by atoms with Crippen LogP contribution in [0.1, 0.15) is 66.8 Å². The molecule has 33 heavy (non-hydrogen) atoms. The molecular formula is C27H45NO5. The summed E-state index contributed by atoms with van der Waals surface area (Å²) in [5, 5.41) is 11.3. The fourth-order valence-corrected chi connectivity index (χ4v) is 3.72. The van der Waals surface area contributed by atoms with Gasteiger partial charge in [-0.2, -0.15) is 0 Å². The number of aliphatic hydroxyl groups excluding tert-OH is 1. The summed E-state index contributed by atoms with van der Waals surface area (Å²) in [7, 11) is -1.69. The molecule has 1 unspecified atom stereocenters. The van der Waals surface area contributed by atoms with E-state index >= 15 is 0 Å². The van der Waals surface area contributed by atoms with E-state index < -0.39 is 20.2 Å². The first-order chi connectivity index (χ1) is 17.9. The Morgan fingerprint density at radius 3 is 2.39 bits per heavy atom.